The summed E-state index contributed by atoms with van der Waals surface area (Å²) in [7, 11) is 1.52. The zero-order valence-electron chi connectivity index (χ0n) is 15.2. The number of methoxy groups -OCH3 is 1. The van der Waals surface area contributed by atoms with Crippen LogP contribution in [0.25, 0.3) is 0 Å². The largest absolute Gasteiger partial charge is 0.481 e. The Morgan fingerprint density at radius 3 is 2.41 bits per heavy atom. The van der Waals surface area contributed by atoms with Crippen LogP contribution in [0.2, 0.25) is 0 Å². The number of hydrogen-bond donors (Lipinski definition) is 1. The molecule has 0 atom stereocenters. The number of hydrogen-bond acceptors (Lipinski definition) is 4. The number of aryl methyl sites for hydroxylation is 1. The number of carbonyl (C=O) groups is 2. The van der Waals surface area contributed by atoms with Gasteiger partial charge in [0.15, 0.2) is 0 Å². The quantitative estimate of drug-likeness (QED) is 0.898. The van der Waals surface area contributed by atoms with E-state index >= 15 is 0 Å². The molecule has 0 aliphatic carbocycles. The molecule has 1 fully saturated rings. The summed E-state index contributed by atoms with van der Waals surface area (Å²) in [6.07, 6.45) is 1.52. The molecule has 0 radical (unpaired) electrons. The number of halogens is 1. The number of nitrogens with zero attached hydrogens (tertiary/aromatic N) is 3. The lowest BCUT2D eigenvalue weighted by atomic mass is 10.1. The van der Waals surface area contributed by atoms with Crippen molar-refractivity contribution in [2.45, 2.75) is 6.92 Å². The van der Waals surface area contributed by atoms with Crippen molar-refractivity contribution in [3.63, 3.8) is 0 Å². The molecule has 142 valence electrons. The Morgan fingerprint density at radius 2 is 1.81 bits per heavy atom. The van der Waals surface area contributed by atoms with Crippen LogP contribution in [-0.2, 0) is 0 Å². The molecule has 1 aromatic carbocycles. The van der Waals surface area contributed by atoms with E-state index in [-0.39, 0.29) is 11.9 Å². The van der Waals surface area contributed by atoms with Crippen molar-refractivity contribution >= 4 is 17.6 Å². The van der Waals surface area contributed by atoms with Crippen LogP contribution in [0, 0.1) is 12.7 Å². The molecule has 1 aliphatic rings. The molecule has 3 amide bonds. The predicted octanol–water partition coefficient (Wildman–Crippen LogP) is 2.53. The van der Waals surface area contributed by atoms with Crippen LogP contribution in [0.4, 0.5) is 14.9 Å². The van der Waals surface area contributed by atoms with Crippen LogP contribution in [0.1, 0.15) is 15.9 Å². The molecule has 7 nitrogen and oxygen atoms in total. The second kappa shape index (κ2) is 8.03. The first-order valence-corrected chi connectivity index (χ1v) is 8.59. The lowest BCUT2D eigenvalue weighted by molar-refractivity contribution is 0.0671. The van der Waals surface area contributed by atoms with Gasteiger partial charge in [-0.1, -0.05) is 6.07 Å². The Labute approximate surface area is 156 Å². The maximum Gasteiger partial charge on any atom is 0.322 e. The third kappa shape index (κ3) is 4.33. The summed E-state index contributed by atoms with van der Waals surface area (Å²) in [4.78, 5) is 32.2. The molecule has 0 bridgehead atoms. The molecule has 2 heterocycles. The average Bonchev–Trinajstić information content (AvgIpc) is 2.70. The Hall–Kier alpha value is -3.16. The number of carbonyl (C=O) groups excluding carboxylic acids is 2. The van der Waals surface area contributed by atoms with Crippen LogP contribution in [0.5, 0.6) is 5.88 Å². The van der Waals surface area contributed by atoms with E-state index in [0.717, 1.165) is 0 Å². The van der Waals surface area contributed by atoms with Gasteiger partial charge >= 0.3 is 6.03 Å². The smallest absolute Gasteiger partial charge is 0.322 e. The van der Waals surface area contributed by atoms with E-state index in [9.17, 15) is 14.0 Å². The van der Waals surface area contributed by atoms with Gasteiger partial charge in [0.05, 0.1) is 19.0 Å². The summed E-state index contributed by atoms with van der Waals surface area (Å²) in [6, 6.07) is 7.58. The van der Waals surface area contributed by atoms with Crippen LogP contribution in [-0.4, -0.2) is 60.0 Å². The maximum absolute atomic E-state index is 13.7. The molecular weight excluding hydrogens is 351 g/mol. The van der Waals surface area contributed by atoms with Crippen LogP contribution < -0.4 is 10.1 Å². The Bertz CT molecular complexity index is 833. The van der Waals surface area contributed by atoms with Gasteiger partial charge in [0.2, 0.25) is 5.88 Å². The minimum absolute atomic E-state index is 0.228. The summed E-state index contributed by atoms with van der Waals surface area (Å²) in [5.74, 6) is -0.159. The molecule has 1 saturated heterocycles. The second-order valence-corrected chi connectivity index (χ2v) is 6.26. The number of nitrogens with one attached hydrogen (secondary N) is 1. The Morgan fingerprint density at radius 1 is 1.11 bits per heavy atom. The number of aromatic nitrogens is 1. The molecule has 2 aromatic rings. The molecule has 0 saturated carbocycles. The molecule has 1 N–H and O–H groups in total. The number of urea groups is 1. The van der Waals surface area contributed by atoms with Gasteiger partial charge in [-0.3, -0.25) is 4.79 Å². The molecule has 8 heteroatoms. The van der Waals surface area contributed by atoms with Crippen LogP contribution in [0.15, 0.2) is 36.5 Å². The number of piperazine rings is 1. The zero-order valence-corrected chi connectivity index (χ0v) is 15.2. The summed E-state index contributed by atoms with van der Waals surface area (Å²) in [5.41, 5.74) is 1.39. The number of amides is 3. The summed E-state index contributed by atoms with van der Waals surface area (Å²) >= 11 is 0. The van der Waals surface area contributed by atoms with E-state index in [0.29, 0.717) is 48.9 Å². The minimum Gasteiger partial charge on any atom is -0.481 e. The van der Waals surface area contributed by atoms with Gasteiger partial charge < -0.3 is 19.9 Å². The first kappa shape index (κ1) is 18.6. The topological polar surface area (TPSA) is 74.8 Å². The normalized spacial score (nSPS) is 14.0. The average molecular weight is 372 g/mol. The van der Waals surface area contributed by atoms with Crippen molar-refractivity contribution in [3.05, 3.63) is 53.5 Å². The van der Waals surface area contributed by atoms with Crippen molar-refractivity contribution in [1.82, 2.24) is 14.8 Å². The number of benzene rings is 1. The third-order valence-electron chi connectivity index (χ3n) is 4.47. The fraction of sp³-hybridized carbons (Fsp3) is 0.316. The van der Waals surface area contributed by atoms with E-state index < -0.39 is 5.82 Å². The van der Waals surface area contributed by atoms with Crippen molar-refractivity contribution in [3.8, 4) is 5.88 Å². The van der Waals surface area contributed by atoms with Crippen molar-refractivity contribution in [1.29, 1.82) is 0 Å². The van der Waals surface area contributed by atoms with E-state index in [1.54, 1.807) is 41.0 Å². The SMILES string of the molecule is COc1ccc(NC(=O)N2CCN(C(=O)c3ccc(C)c(F)c3)CC2)cn1. The lowest BCUT2D eigenvalue weighted by Gasteiger charge is -2.34. The summed E-state index contributed by atoms with van der Waals surface area (Å²) in [5, 5.41) is 2.77. The molecule has 3 rings (SSSR count). The maximum atomic E-state index is 13.7. The molecule has 0 unspecified atom stereocenters. The van der Waals surface area contributed by atoms with Gasteiger partial charge in [-0.05, 0) is 30.7 Å². The number of rotatable bonds is 3. The second-order valence-electron chi connectivity index (χ2n) is 6.26. The fourth-order valence-corrected chi connectivity index (χ4v) is 2.80. The summed E-state index contributed by atoms with van der Waals surface area (Å²) in [6.45, 7) is 3.23. The molecule has 1 aromatic heterocycles. The van der Waals surface area contributed by atoms with Crippen LogP contribution >= 0.6 is 0 Å². The fourth-order valence-electron chi connectivity index (χ4n) is 2.80. The highest BCUT2D eigenvalue weighted by atomic mass is 19.1. The van der Waals surface area contributed by atoms with Gasteiger partial charge in [-0.25, -0.2) is 14.2 Å². The van der Waals surface area contributed by atoms with Crippen LogP contribution in [0.3, 0.4) is 0 Å². The van der Waals surface area contributed by atoms with Crippen molar-refractivity contribution in [2.75, 3.05) is 38.6 Å². The number of ether oxygens (including phenoxy) is 1. The van der Waals surface area contributed by atoms with E-state index in [2.05, 4.69) is 10.3 Å². The van der Waals surface area contributed by atoms with E-state index in [1.165, 1.54) is 19.4 Å². The minimum atomic E-state index is -0.396. The Kier molecular flexibility index (Phi) is 5.54. The standard InChI is InChI=1S/C19H21FN4O3/c1-13-3-4-14(11-16(13)20)18(25)23-7-9-24(10-8-23)19(26)22-15-5-6-17(27-2)21-12-15/h3-6,11-12H,7-10H2,1-2H3,(H,22,26). The van der Waals surface area contributed by atoms with Gasteiger partial charge in [0.1, 0.15) is 5.82 Å². The first-order chi connectivity index (χ1) is 13.0. The molecule has 0 spiro atoms. The molecular formula is C19H21FN4O3. The number of pyridine rings is 1. The molecule has 27 heavy (non-hydrogen) atoms. The first-order valence-electron chi connectivity index (χ1n) is 8.59. The van der Waals surface area contributed by atoms with Gasteiger partial charge in [-0.15, -0.1) is 0 Å². The molecule has 1 aliphatic heterocycles. The van der Waals surface area contributed by atoms with Crippen molar-refractivity contribution in [2.24, 2.45) is 0 Å². The highest BCUT2D eigenvalue weighted by Gasteiger charge is 2.25. The van der Waals surface area contributed by atoms with Gasteiger partial charge in [0.25, 0.3) is 5.91 Å². The highest BCUT2D eigenvalue weighted by molar-refractivity contribution is 5.94. The monoisotopic (exact) mass is 372 g/mol. The Balaban J connectivity index is 1.55. The highest BCUT2D eigenvalue weighted by Crippen LogP contribution is 2.15. The van der Waals surface area contributed by atoms with Crippen molar-refractivity contribution < 1.29 is 18.7 Å². The lowest BCUT2D eigenvalue weighted by Crippen LogP contribution is -2.51. The third-order valence-corrected chi connectivity index (χ3v) is 4.47. The van der Waals surface area contributed by atoms with E-state index in [4.69, 9.17) is 4.74 Å². The van der Waals surface area contributed by atoms with Gasteiger partial charge in [0, 0.05) is 37.8 Å². The predicted molar refractivity (Wildman–Crippen MR) is 98.4 cm³/mol. The van der Waals surface area contributed by atoms with Gasteiger partial charge in [-0.2, -0.15) is 0 Å². The zero-order chi connectivity index (χ0) is 19.4. The summed E-state index contributed by atoms with van der Waals surface area (Å²) < 4.78 is 18.7. The van der Waals surface area contributed by atoms with E-state index in [1.807, 2.05) is 0 Å². The number of anilines is 1.